The van der Waals surface area contributed by atoms with Crippen LogP contribution in [0.4, 0.5) is 4.39 Å². The maximum absolute atomic E-state index is 12.9. The van der Waals surface area contributed by atoms with Gasteiger partial charge in [-0.1, -0.05) is 22.0 Å². The Morgan fingerprint density at radius 3 is 2.78 bits per heavy atom. The lowest BCUT2D eigenvalue weighted by molar-refractivity contribution is 0.0992. The smallest absolute Gasteiger partial charge is 0.170 e. The van der Waals surface area contributed by atoms with Crippen LogP contribution >= 0.6 is 15.9 Å². The highest BCUT2D eigenvalue weighted by Gasteiger charge is 2.14. The molecule has 0 amide bonds. The van der Waals surface area contributed by atoms with Crippen molar-refractivity contribution in [1.82, 2.24) is 9.78 Å². The van der Waals surface area contributed by atoms with Gasteiger partial charge in [0, 0.05) is 24.1 Å². The molecule has 0 N–H and O–H groups in total. The molecular formula is C13H12BrFN2O. The summed E-state index contributed by atoms with van der Waals surface area (Å²) in [4.78, 5) is 12.1. The molecule has 94 valence electrons. The van der Waals surface area contributed by atoms with Gasteiger partial charge in [0.25, 0.3) is 0 Å². The lowest BCUT2D eigenvalue weighted by Gasteiger charge is -2.03. The van der Waals surface area contributed by atoms with E-state index >= 15 is 0 Å². The van der Waals surface area contributed by atoms with E-state index in [-0.39, 0.29) is 18.0 Å². The first-order chi connectivity index (χ1) is 8.47. The number of ketones is 1. The number of Topliss-reactive ketones (excluding diaryl/α,β-unsaturated/α-hetero) is 1. The number of aryl methyl sites for hydroxylation is 2. The maximum Gasteiger partial charge on any atom is 0.170 e. The summed E-state index contributed by atoms with van der Waals surface area (Å²) in [6, 6.07) is 4.32. The van der Waals surface area contributed by atoms with Gasteiger partial charge in [0.15, 0.2) is 5.78 Å². The van der Waals surface area contributed by atoms with Crippen LogP contribution in [0.15, 0.2) is 28.9 Å². The molecule has 3 nitrogen and oxygen atoms in total. The van der Waals surface area contributed by atoms with E-state index in [1.807, 2.05) is 0 Å². The van der Waals surface area contributed by atoms with Crippen LogP contribution in [-0.4, -0.2) is 15.6 Å². The average molecular weight is 311 g/mol. The largest absolute Gasteiger partial charge is 0.294 e. The Morgan fingerprint density at radius 2 is 2.22 bits per heavy atom. The van der Waals surface area contributed by atoms with Crippen LogP contribution in [0, 0.1) is 12.7 Å². The molecule has 1 heterocycles. The molecular weight excluding hydrogens is 299 g/mol. The molecule has 0 aliphatic heterocycles. The standard InChI is InChI=1S/C13H12BrFN2O/c1-8-11(7-17(2)16-8)13(18)5-9-3-4-10(15)6-12(9)14/h3-4,6-7H,5H2,1-2H3. The fourth-order valence-electron chi connectivity index (χ4n) is 1.81. The minimum atomic E-state index is -0.323. The molecule has 1 aromatic heterocycles. The summed E-state index contributed by atoms with van der Waals surface area (Å²) in [7, 11) is 1.78. The van der Waals surface area contributed by atoms with Crippen molar-refractivity contribution in [3.8, 4) is 0 Å². The summed E-state index contributed by atoms with van der Waals surface area (Å²) in [5.41, 5.74) is 2.08. The molecule has 0 fully saturated rings. The van der Waals surface area contributed by atoms with Crippen LogP contribution < -0.4 is 0 Å². The van der Waals surface area contributed by atoms with Gasteiger partial charge < -0.3 is 0 Å². The Hall–Kier alpha value is -1.49. The van der Waals surface area contributed by atoms with Gasteiger partial charge in [-0.2, -0.15) is 5.10 Å². The number of hydrogen-bond donors (Lipinski definition) is 0. The van der Waals surface area contributed by atoms with E-state index in [4.69, 9.17) is 0 Å². The minimum Gasteiger partial charge on any atom is -0.294 e. The van der Waals surface area contributed by atoms with Crippen LogP contribution in [0.25, 0.3) is 0 Å². The Bertz CT molecular complexity index is 607. The summed E-state index contributed by atoms with van der Waals surface area (Å²) in [5.74, 6) is -0.344. The van der Waals surface area contributed by atoms with E-state index in [1.165, 1.54) is 12.1 Å². The van der Waals surface area contributed by atoms with Crippen LogP contribution in [-0.2, 0) is 13.5 Å². The van der Waals surface area contributed by atoms with Gasteiger partial charge in [0.2, 0.25) is 0 Å². The van der Waals surface area contributed by atoms with Crippen molar-refractivity contribution < 1.29 is 9.18 Å². The third-order valence-corrected chi connectivity index (χ3v) is 3.42. The van der Waals surface area contributed by atoms with Crippen LogP contribution in [0.2, 0.25) is 0 Å². The number of hydrogen-bond acceptors (Lipinski definition) is 2. The zero-order valence-corrected chi connectivity index (χ0v) is 11.7. The molecule has 2 rings (SSSR count). The number of rotatable bonds is 3. The molecule has 0 bridgehead atoms. The minimum absolute atomic E-state index is 0.0205. The Balaban J connectivity index is 2.24. The van der Waals surface area contributed by atoms with E-state index < -0.39 is 0 Å². The zero-order chi connectivity index (χ0) is 13.3. The second-order valence-corrected chi connectivity index (χ2v) is 4.99. The quantitative estimate of drug-likeness (QED) is 0.817. The lowest BCUT2D eigenvalue weighted by atomic mass is 10.0. The van der Waals surface area contributed by atoms with E-state index in [0.29, 0.717) is 15.7 Å². The van der Waals surface area contributed by atoms with Crippen LogP contribution in [0.5, 0.6) is 0 Å². The number of halogens is 2. The van der Waals surface area contributed by atoms with Gasteiger partial charge in [0.1, 0.15) is 5.82 Å². The van der Waals surface area contributed by atoms with Crippen molar-refractivity contribution >= 4 is 21.7 Å². The molecule has 18 heavy (non-hydrogen) atoms. The van der Waals surface area contributed by atoms with Gasteiger partial charge in [0.05, 0.1) is 11.3 Å². The van der Waals surface area contributed by atoms with Gasteiger partial charge in [-0.15, -0.1) is 0 Å². The first-order valence-corrected chi connectivity index (χ1v) is 6.24. The van der Waals surface area contributed by atoms with Gasteiger partial charge in [-0.3, -0.25) is 9.48 Å². The molecule has 0 spiro atoms. The van der Waals surface area contributed by atoms with Gasteiger partial charge >= 0.3 is 0 Å². The summed E-state index contributed by atoms with van der Waals surface area (Å²) < 4.78 is 15.2. The number of carbonyl (C=O) groups is 1. The first kappa shape index (κ1) is 13.0. The zero-order valence-electron chi connectivity index (χ0n) is 10.1. The van der Waals surface area contributed by atoms with Crippen molar-refractivity contribution in [3.05, 3.63) is 51.5 Å². The second kappa shape index (κ2) is 5.02. The lowest BCUT2D eigenvalue weighted by Crippen LogP contribution is -2.05. The predicted molar refractivity (Wildman–Crippen MR) is 70.1 cm³/mol. The first-order valence-electron chi connectivity index (χ1n) is 5.44. The normalized spacial score (nSPS) is 10.7. The van der Waals surface area contributed by atoms with Crippen molar-refractivity contribution in [1.29, 1.82) is 0 Å². The molecule has 0 radical (unpaired) electrons. The van der Waals surface area contributed by atoms with E-state index in [1.54, 1.807) is 30.9 Å². The molecule has 0 atom stereocenters. The van der Waals surface area contributed by atoms with Gasteiger partial charge in [-0.25, -0.2) is 4.39 Å². The van der Waals surface area contributed by atoms with E-state index in [2.05, 4.69) is 21.0 Å². The van der Waals surface area contributed by atoms with Gasteiger partial charge in [-0.05, 0) is 24.6 Å². The monoisotopic (exact) mass is 310 g/mol. The molecule has 0 aliphatic rings. The summed E-state index contributed by atoms with van der Waals surface area (Å²) >= 11 is 3.26. The Labute approximate surface area is 113 Å². The fourth-order valence-corrected chi connectivity index (χ4v) is 2.30. The number of nitrogens with zero attached hydrogens (tertiary/aromatic N) is 2. The van der Waals surface area contributed by atoms with Crippen molar-refractivity contribution in [2.75, 3.05) is 0 Å². The molecule has 5 heteroatoms. The molecule has 0 aliphatic carbocycles. The maximum atomic E-state index is 12.9. The van der Waals surface area contributed by atoms with Crippen molar-refractivity contribution in [2.45, 2.75) is 13.3 Å². The summed E-state index contributed by atoms with van der Waals surface area (Å²) in [5, 5.41) is 4.13. The van der Waals surface area contributed by atoms with E-state index in [0.717, 1.165) is 5.56 Å². The SMILES string of the molecule is Cc1nn(C)cc1C(=O)Cc1ccc(F)cc1Br. The molecule has 1 aromatic carbocycles. The number of carbonyl (C=O) groups excluding carboxylic acids is 1. The molecule has 0 saturated heterocycles. The highest BCUT2D eigenvalue weighted by Crippen LogP contribution is 2.20. The van der Waals surface area contributed by atoms with Crippen molar-refractivity contribution in [3.63, 3.8) is 0 Å². The molecule has 0 unspecified atom stereocenters. The highest BCUT2D eigenvalue weighted by atomic mass is 79.9. The Morgan fingerprint density at radius 1 is 1.50 bits per heavy atom. The number of benzene rings is 1. The summed E-state index contributed by atoms with van der Waals surface area (Å²) in [6.07, 6.45) is 1.93. The fraction of sp³-hybridized carbons (Fsp3) is 0.231. The van der Waals surface area contributed by atoms with Crippen LogP contribution in [0.3, 0.4) is 0 Å². The second-order valence-electron chi connectivity index (χ2n) is 4.14. The third kappa shape index (κ3) is 2.67. The average Bonchev–Trinajstić information content (AvgIpc) is 2.62. The predicted octanol–water partition coefficient (Wildman–Crippen LogP) is 3.06. The molecule has 0 saturated carbocycles. The number of aromatic nitrogens is 2. The Kier molecular flexibility index (Phi) is 3.61. The summed E-state index contributed by atoms with van der Waals surface area (Å²) in [6.45, 7) is 1.80. The van der Waals surface area contributed by atoms with Crippen LogP contribution in [0.1, 0.15) is 21.6 Å². The molecule has 2 aromatic rings. The topological polar surface area (TPSA) is 34.9 Å². The van der Waals surface area contributed by atoms with E-state index in [9.17, 15) is 9.18 Å². The third-order valence-electron chi connectivity index (χ3n) is 2.68. The van der Waals surface area contributed by atoms with Crippen molar-refractivity contribution in [2.24, 2.45) is 7.05 Å². The highest BCUT2D eigenvalue weighted by molar-refractivity contribution is 9.10.